The van der Waals surface area contributed by atoms with Gasteiger partial charge in [0.05, 0.1) is 23.0 Å². The first-order chi connectivity index (χ1) is 13.9. The summed E-state index contributed by atoms with van der Waals surface area (Å²) in [4.78, 5) is 4.25. The van der Waals surface area contributed by atoms with E-state index >= 15 is 0 Å². The number of nitrogens with zero attached hydrogens (tertiary/aromatic N) is 2. The standard InChI is InChI=1S/C22H11F5N2/c1-10-6-7-14-13(8-10)11-4-2-3-5-12(11)22-28-9-15(29(14)22)16-17(23)19(25)21(27)20(26)18(16)24/h2-9H,1H3. The first-order valence-electron chi connectivity index (χ1n) is 8.70. The normalized spacial score (nSPS) is 11.8. The lowest BCUT2D eigenvalue weighted by Gasteiger charge is -2.13. The van der Waals surface area contributed by atoms with Crippen molar-refractivity contribution in [3.05, 3.63) is 83.3 Å². The minimum absolute atomic E-state index is 0.215. The third-order valence-corrected chi connectivity index (χ3v) is 5.08. The van der Waals surface area contributed by atoms with Crippen molar-refractivity contribution in [2.24, 2.45) is 0 Å². The van der Waals surface area contributed by atoms with Gasteiger partial charge in [-0.3, -0.25) is 4.40 Å². The van der Waals surface area contributed by atoms with Crippen LogP contribution in [0.5, 0.6) is 0 Å². The van der Waals surface area contributed by atoms with Crippen molar-refractivity contribution < 1.29 is 22.0 Å². The van der Waals surface area contributed by atoms with Crippen LogP contribution in [0.3, 0.4) is 0 Å². The van der Waals surface area contributed by atoms with Gasteiger partial charge in [0.2, 0.25) is 5.82 Å². The van der Waals surface area contributed by atoms with Crippen LogP contribution < -0.4 is 0 Å². The molecule has 0 saturated heterocycles. The van der Waals surface area contributed by atoms with E-state index < -0.39 is 34.6 Å². The second kappa shape index (κ2) is 6.01. The van der Waals surface area contributed by atoms with E-state index in [0.29, 0.717) is 16.6 Å². The third kappa shape index (κ3) is 2.30. The fraction of sp³-hybridized carbons (Fsp3) is 0.0455. The van der Waals surface area contributed by atoms with E-state index in [1.807, 2.05) is 25.1 Å². The molecule has 0 spiro atoms. The Morgan fingerprint density at radius 2 is 1.34 bits per heavy atom. The fourth-order valence-corrected chi connectivity index (χ4v) is 3.77. The van der Waals surface area contributed by atoms with Crippen LogP contribution in [0.2, 0.25) is 0 Å². The number of hydrogen-bond acceptors (Lipinski definition) is 1. The molecule has 0 amide bonds. The molecule has 0 aliphatic carbocycles. The smallest absolute Gasteiger partial charge is 0.200 e. The molecule has 2 aromatic heterocycles. The van der Waals surface area contributed by atoms with E-state index in [-0.39, 0.29) is 5.69 Å². The second-order valence-electron chi connectivity index (χ2n) is 6.81. The Morgan fingerprint density at radius 3 is 2.03 bits per heavy atom. The van der Waals surface area contributed by atoms with E-state index in [1.54, 1.807) is 24.3 Å². The maximum atomic E-state index is 14.5. The highest BCUT2D eigenvalue weighted by molar-refractivity contribution is 6.12. The molecular formula is C22H11F5N2. The Bertz CT molecular complexity index is 1440. The third-order valence-electron chi connectivity index (χ3n) is 5.08. The van der Waals surface area contributed by atoms with Crippen LogP contribution in [0.1, 0.15) is 5.56 Å². The first-order valence-corrected chi connectivity index (χ1v) is 8.70. The Balaban J connectivity index is 2.03. The minimum Gasteiger partial charge on any atom is -0.292 e. The van der Waals surface area contributed by atoms with Gasteiger partial charge in [-0.15, -0.1) is 0 Å². The van der Waals surface area contributed by atoms with Crippen LogP contribution in [0.15, 0.2) is 48.7 Å². The lowest BCUT2D eigenvalue weighted by molar-refractivity contribution is 0.381. The van der Waals surface area contributed by atoms with Gasteiger partial charge < -0.3 is 0 Å². The van der Waals surface area contributed by atoms with Gasteiger partial charge in [-0.2, -0.15) is 0 Å². The summed E-state index contributed by atoms with van der Waals surface area (Å²) in [7, 11) is 0. The molecule has 0 bridgehead atoms. The molecule has 0 unspecified atom stereocenters. The number of rotatable bonds is 1. The summed E-state index contributed by atoms with van der Waals surface area (Å²) >= 11 is 0. The average Bonchev–Trinajstić information content (AvgIpc) is 3.16. The number of aromatic nitrogens is 2. The zero-order chi connectivity index (χ0) is 20.4. The summed E-state index contributed by atoms with van der Waals surface area (Å²) in [5, 5.41) is 2.34. The monoisotopic (exact) mass is 398 g/mol. The molecule has 5 aromatic rings. The van der Waals surface area contributed by atoms with Crippen molar-refractivity contribution in [3.63, 3.8) is 0 Å². The van der Waals surface area contributed by atoms with Gasteiger partial charge in [0.1, 0.15) is 5.65 Å². The highest BCUT2D eigenvalue weighted by Crippen LogP contribution is 2.36. The van der Waals surface area contributed by atoms with E-state index in [9.17, 15) is 22.0 Å². The summed E-state index contributed by atoms with van der Waals surface area (Å²) in [6.07, 6.45) is 1.12. The highest BCUT2D eigenvalue weighted by Gasteiger charge is 2.29. The highest BCUT2D eigenvalue weighted by atomic mass is 19.2. The summed E-state index contributed by atoms with van der Waals surface area (Å²) < 4.78 is 71.6. The van der Waals surface area contributed by atoms with Crippen molar-refractivity contribution in [3.8, 4) is 11.3 Å². The van der Waals surface area contributed by atoms with Gasteiger partial charge in [-0.05, 0) is 24.4 Å². The number of benzene rings is 3. The number of hydrogen-bond donors (Lipinski definition) is 0. The Kier molecular flexibility index (Phi) is 3.65. The van der Waals surface area contributed by atoms with Crippen molar-refractivity contribution in [1.29, 1.82) is 0 Å². The van der Waals surface area contributed by atoms with Gasteiger partial charge in [0.25, 0.3) is 0 Å². The van der Waals surface area contributed by atoms with E-state index in [1.165, 1.54) is 4.40 Å². The van der Waals surface area contributed by atoms with Crippen molar-refractivity contribution in [1.82, 2.24) is 9.38 Å². The molecule has 2 nitrogen and oxygen atoms in total. The Labute approximate surface area is 160 Å². The zero-order valence-electron chi connectivity index (χ0n) is 14.9. The van der Waals surface area contributed by atoms with Gasteiger partial charge in [-0.25, -0.2) is 26.9 Å². The predicted octanol–water partition coefficient (Wildman–Crippen LogP) is 6.31. The molecular weight excluding hydrogens is 387 g/mol. The van der Waals surface area contributed by atoms with Crippen LogP contribution >= 0.6 is 0 Å². The zero-order valence-corrected chi connectivity index (χ0v) is 14.9. The molecule has 0 atom stereocenters. The molecule has 5 rings (SSSR count). The number of aryl methyl sites for hydroxylation is 1. The molecule has 0 fully saturated rings. The summed E-state index contributed by atoms with van der Waals surface area (Å²) in [5.74, 6) is -9.96. The van der Waals surface area contributed by atoms with Crippen LogP contribution in [0.25, 0.3) is 38.6 Å². The van der Waals surface area contributed by atoms with E-state index in [4.69, 9.17) is 0 Å². The lowest BCUT2D eigenvalue weighted by atomic mass is 10.0. The maximum Gasteiger partial charge on any atom is 0.200 e. The van der Waals surface area contributed by atoms with Crippen molar-refractivity contribution in [2.45, 2.75) is 6.92 Å². The number of pyridine rings is 1. The predicted molar refractivity (Wildman–Crippen MR) is 100 cm³/mol. The van der Waals surface area contributed by atoms with Crippen LogP contribution in [0.4, 0.5) is 22.0 Å². The topological polar surface area (TPSA) is 17.3 Å². The number of halogens is 5. The molecule has 0 aliphatic rings. The average molecular weight is 398 g/mol. The molecule has 0 saturated carbocycles. The second-order valence-corrected chi connectivity index (χ2v) is 6.81. The van der Waals surface area contributed by atoms with Crippen LogP contribution in [-0.2, 0) is 0 Å². The quantitative estimate of drug-likeness (QED) is 0.140. The lowest BCUT2D eigenvalue weighted by Crippen LogP contribution is -2.05. The van der Waals surface area contributed by atoms with Gasteiger partial charge in [0.15, 0.2) is 23.3 Å². The molecule has 0 N–H and O–H groups in total. The molecule has 0 radical (unpaired) electrons. The minimum atomic E-state index is -2.19. The van der Waals surface area contributed by atoms with E-state index in [0.717, 1.165) is 22.5 Å². The molecule has 0 aliphatic heterocycles. The summed E-state index contributed by atoms with van der Waals surface area (Å²) in [6.45, 7) is 1.90. The molecule has 7 heteroatoms. The maximum absolute atomic E-state index is 14.5. The largest absolute Gasteiger partial charge is 0.292 e. The number of imidazole rings is 1. The Hall–Kier alpha value is -3.48. The van der Waals surface area contributed by atoms with Gasteiger partial charge >= 0.3 is 0 Å². The summed E-state index contributed by atoms with van der Waals surface area (Å²) in [6, 6.07) is 12.8. The Morgan fingerprint density at radius 1 is 0.724 bits per heavy atom. The SMILES string of the molecule is Cc1ccc2c(c1)c1ccccc1c1ncc(-c3c(F)c(F)c(F)c(F)c3F)n21. The van der Waals surface area contributed by atoms with Crippen molar-refractivity contribution >= 4 is 27.3 Å². The molecule has 29 heavy (non-hydrogen) atoms. The van der Waals surface area contributed by atoms with Crippen LogP contribution in [-0.4, -0.2) is 9.38 Å². The molecule has 2 heterocycles. The molecule has 144 valence electrons. The van der Waals surface area contributed by atoms with Crippen LogP contribution in [0, 0.1) is 36.0 Å². The summed E-state index contributed by atoms with van der Waals surface area (Å²) in [5.41, 5.74) is 0.634. The van der Waals surface area contributed by atoms with E-state index in [2.05, 4.69) is 4.98 Å². The first kappa shape index (κ1) is 17.6. The van der Waals surface area contributed by atoms with Gasteiger partial charge in [0, 0.05) is 10.8 Å². The number of fused-ring (bicyclic) bond motifs is 6. The van der Waals surface area contributed by atoms with Crippen molar-refractivity contribution in [2.75, 3.05) is 0 Å². The van der Waals surface area contributed by atoms with Gasteiger partial charge in [-0.1, -0.05) is 35.9 Å². The molecule has 3 aromatic carbocycles. The fourth-order valence-electron chi connectivity index (χ4n) is 3.77.